The minimum absolute atomic E-state index is 0.0204. The molecule has 0 spiro atoms. The van der Waals surface area contributed by atoms with Crippen LogP contribution in [0, 0.1) is 0 Å². The van der Waals surface area contributed by atoms with E-state index in [4.69, 9.17) is 27.2 Å². The van der Waals surface area contributed by atoms with Crippen LogP contribution < -0.4 is 0 Å². The van der Waals surface area contributed by atoms with Crippen LogP contribution in [-0.4, -0.2) is 55.2 Å². The zero-order valence-electron chi connectivity index (χ0n) is 36.6. The molecule has 0 fully saturated rings. The van der Waals surface area contributed by atoms with Crippen molar-refractivity contribution < 1.29 is 94.2 Å². The lowest BCUT2D eigenvalue weighted by Crippen LogP contribution is -2.49. The van der Waals surface area contributed by atoms with E-state index in [0.717, 1.165) is 58.2 Å². The number of benzene rings is 2. The summed E-state index contributed by atoms with van der Waals surface area (Å²) in [6.07, 6.45) is -15.0. The van der Waals surface area contributed by atoms with Crippen molar-refractivity contribution in [3.05, 3.63) is 69.8 Å². The topological polar surface area (TPSA) is 107 Å². The Kier molecular flexibility index (Phi) is 24.1. The summed E-state index contributed by atoms with van der Waals surface area (Å²) >= 11 is 0. The molecule has 0 aromatic heterocycles. The number of hydrogen-bond acceptors (Lipinski definition) is 9. The fraction of sp³-hybridized carbons (Fsp3) is 0.634. The van der Waals surface area contributed by atoms with Crippen LogP contribution in [0.3, 0.4) is 0 Å². The third-order valence-corrected chi connectivity index (χ3v) is 12.6. The van der Waals surface area contributed by atoms with E-state index in [1.54, 1.807) is 0 Å². The highest BCUT2D eigenvalue weighted by Gasteiger charge is 2.51. The standard InChI is InChI=1S/C21H32F6O3Si.C20H24F6O6Si/c1-14(2)28-19(29-15(3)4)30-31-10-8-6-5-7-9-16-11-17(20(22,23)24)13-18(12-16)21(25,26)27;1-13(27)30-33(31-14(2)28,32-15(3)29)9-7-5-4-6-8-16-10-17(19(21,22)23)12-18(11-16)20(24,25)26/h11-15,19H,5-10,31H2,1-4H3;10-12H,4-9H2,1-3H3. The maximum atomic E-state index is 12.9. The number of carbonyl (C=O) groups is 3. The number of unbranched alkanes of at least 4 members (excludes halogenated alkanes) is 6. The molecular formula is C41H56F12O9Si2. The van der Waals surface area contributed by atoms with E-state index < -0.39 is 89.9 Å². The van der Waals surface area contributed by atoms with Gasteiger partial charge in [0, 0.05) is 20.8 Å². The zero-order valence-corrected chi connectivity index (χ0v) is 39.0. The molecule has 0 saturated heterocycles. The molecule has 0 radical (unpaired) electrons. The Bertz CT molecular complexity index is 1630. The SMILES string of the molecule is CC(=O)O[Si](CCCCCCc1cc(C(F)(F)F)cc(C(F)(F)F)c1)(OC(C)=O)OC(C)=O.CC(C)OC(O[SiH2]CCCCCCc1cc(C(F)(F)F)cc(C(F)(F)F)c1)OC(C)C. The van der Waals surface area contributed by atoms with Crippen LogP contribution in [0.25, 0.3) is 0 Å². The molecule has 0 unspecified atom stereocenters. The first-order valence-electron chi connectivity index (χ1n) is 20.4. The van der Waals surface area contributed by atoms with Gasteiger partial charge in [-0.05, 0) is 113 Å². The third kappa shape index (κ3) is 24.6. The van der Waals surface area contributed by atoms with Gasteiger partial charge in [0.2, 0.25) is 0 Å². The molecule has 23 heteroatoms. The smallest absolute Gasteiger partial charge is 0.455 e. The van der Waals surface area contributed by atoms with Crippen molar-refractivity contribution in [3.63, 3.8) is 0 Å². The number of rotatable bonds is 23. The highest BCUT2D eigenvalue weighted by molar-refractivity contribution is 6.65. The molecule has 0 aliphatic heterocycles. The second-order valence-corrected chi connectivity index (χ2v) is 19.2. The monoisotopic (exact) mass is 976 g/mol. The molecular weight excluding hydrogens is 921 g/mol. The quantitative estimate of drug-likeness (QED) is 0.0466. The van der Waals surface area contributed by atoms with Gasteiger partial charge in [0.1, 0.15) is 0 Å². The van der Waals surface area contributed by atoms with Gasteiger partial charge in [-0.2, -0.15) is 52.7 Å². The molecule has 2 aromatic carbocycles. The Morgan fingerprint density at radius 3 is 1.11 bits per heavy atom. The predicted octanol–water partition coefficient (Wildman–Crippen LogP) is 11.9. The fourth-order valence-electron chi connectivity index (χ4n) is 5.92. The largest absolute Gasteiger partial charge is 0.705 e. The van der Waals surface area contributed by atoms with Crippen molar-refractivity contribution in [3.8, 4) is 0 Å². The van der Waals surface area contributed by atoms with Gasteiger partial charge in [0.05, 0.1) is 40.5 Å². The Labute approximate surface area is 368 Å². The van der Waals surface area contributed by atoms with Gasteiger partial charge in [0.25, 0.3) is 24.4 Å². The zero-order chi connectivity index (χ0) is 49.1. The van der Waals surface area contributed by atoms with Crippen LogP contribution >= 0.6 is 0 Å². The molecule has 64 heavy (non-hydrogen) atoms. The summed E-state index contributed by atoms with van der Waals surface area (Å²) in [5, 5.41) is 0. The molecule has 2 aromatic rings. The summed E-state index contributed by atoms with van der Waals surface area (Å²) < 4.78 is 187. The van der Waals surface area contributed by atoms with Crippen LogP contribution in [-0.2, 0) is 79.1 Å². The van der Waals surface area contributed by atoms with Crippen LogP contribution in [0.5, 0.6) is 0 Å². The number of carbonyl (C=O) groups excluding carboxylic acids is 3. The highest BCUT2D eigenvalue weighted by atomic mass is 28.4. The summed E-state index contributed by atoms with van der Waals surface area (Å²) in [7, 11) is -4.81. The predicted molar refractivity (Wildman–Crippen MR) is 214 cm³/mol. The minimum atomic E-state index is -4.91. The van der Waals surface area contributed by atoms with Crippen LogP contribution in [0.2, 0.25) is 12.1 Å². The minimum Gasteiger partial charge on any atom is -0.455 e. The average Bonchev–Trinajstić information content (AvgIpc) is 3.11. The van der Waals surface area contributed by atoms with E-state index in [-0.39, 0.29) is 67.2 Å². The second kappa shape index (κ2) is 26.5. The first kappa shape index (κ1) is 58.3. The van der Waals surface area contributed by atoms with Gasteiger partial charge >= 0.3 is 33.5 Å². The van der Waals surface area contributed by atoms with Gasteiger partial charge in [0.15, 0.2) is 9.76 Å². The molecule has 0 aliphatic carbocycles. The van der Waals surface area contributed by atoms with E-state index in [0.29, 0.717) is 31.4 Å². The van der Waals surface area contributed by atoms with E-state index in [1.165, 1.54) is 0 Å². The number of aryl methyl sites for hydroxylation is 2. The van der Waals surface area contributed by atoms with Crippen molar-refractivity contribution in [1.29, 1.82) is 0 Å². The molecule has 2 rings (SSSR count). The first-order chi connectivity index (χ1) is 29.3. The van der Waals surface area contributed by atoms with Gasteiger partial charge in [-0.25, -0.2) is 0 Å². The summed E-state index contributed by atoms with van der Waals surface area (Å²) in [5.74, 6) is -2.43. The highest BCUT2D eigenvalue weighted by Crippen LogP contribution is 2.38. The molecule has 0 heterocycles. The Balaban J connectivity index is 0.000000641. The summed E-state index contributed by atoms with van der Waals surface area (Å²) in [5.41, 5.74) is -5.30. The van der Waals surface area contributed by atoms with E-state index in [9.17, 15) is 67.1 Å². The Hall–Kier alpha value is -3.68. The Morgan fingerprint density at radius 2 is 0.812 bits per heavy atom. The van der Waals surface area contributed by atoms with Crippen LogP contribution in [0.4, 0.5) is 52.7 Å². The molecule has 0 saturated carbocycles. The van der Waals surface area contributed by atoms with Crippen molar-refractivity contribution >= 4 is 36.5 Å². The van der Waals surface area contributed by atoms with Crippen molar-refractivity contribution in [2.24, 2.45) is 0 Å². The lowest BCUT2D eigenvalue weighted by atomic mass is 10.00. The molecule has 9 nitrogen and oxygen atoms in total. The van der Waals surface area contributed by atoms with E-state index in [1.807, 2.05) is 27.7 Å². The lowest BCUT2D eigenvalue weighted by molar-refractivity contribution is -0.275. The lowest BCUT2D eigenvalue weighted by Gasteiger charge is -2.26. The molecule has 0 atom stereocenters. The summed E-state index contributed by atoms with van der Waals surface area (Å²) in [6.45, 7) is 10.1. The van der Waals surface area contributed by atoms with Crippen molar-refractivity contribution in [1.82, 2.24) is 0 Å². The third-order valence-electron chi connectivity index (χ3n) is 8.52. The maximum Gasteiger partial charge on any atom is 0.705 e. The second-order valence-electron chi connectivity index (χ2n) is 15.3. The van der Waals surface area contributed by atoms with Crippen molar-refractivity contribution in [2.75, 3.05) is 0 Å². The van der Waals surface area contributed by atoms with Crippen LogP contribution in [0.1, 0.15) is 133 Å². The van der Waals surface area contributed by atoms with Gasteiger partial charge < -0.3 is 27.2 Å². The molecule has 0 aliphatic rings. The molecule has 0 amide bonds. The van der Waals surface area contributed by atoms with Crippen molar-refractivity contribution in [2.45, 2.75) is 168 Å². The normalized spacial score (nSPS) is 12.8. The summed E-state index contributed by atoms with van der Waals surface area (Å²) in [4.78, 5) is 34.1. The number of alkyl halides is 12. The number of hydrogen-bond donors (Lipinski definition) is 0. The van der Waals surface area contributed by atoms with Gasteiger partial charge in [-0.3, -0.25) is 14.4 Å². The fourth-order valence-corrected chi connectivity index (χ4v) is 9.42. The number of ether oxygens (including phenoxy) is 2. The van der Waals surface area contributed by atoms with Crippen LogP contribution in [0.15, 0.2) is 36.4 Å². The van der Waals surface area contributed by atoms with Gasteiger partial charge in [-0.15, -0.1) is 0 Å². The van der Waals surface area contributed by atoms with E-state index in [2.05, 4.69) is 0 Å². The molecule has 0 N–H and O–H groups in total. The van der Waals surface area contributed by atoms with E-state index >= 15 is 0 Å². The molecule has 366 valence electrons. The Morgan fingerprint density at radius 1 is 0.500 bits per heavy atom. The number of halogens is 12. The molecule has 0 bridgehead atoms. The first-order valence-corrected chi connectivity index (χ1v) is 23.9. The average molecular weight is 977 g/mol. The maximum absolute atomic E-state index is 12.9. The summed E-state index contributed by atoms with van der Waals surface area (Å²) in [6, 6.07) is 4.05. The van der Waals surface area contributed by atoms with Gasteiger partial charge in [-0.1, -0.05) is 32.1 Å².